The first-order valence-corrected chi connectivity index (χ1v) is 22.9. The third-order valence-corrected chi connectivity index (χ3v) is 13.6. The van der Waals surface area contributed by atoms with Gasteiger partial charge in [0.25, 0.3) is 11.8 Å². The molecule has 0 unspecified atom stereocenters. The number of nitrogens with zero attached hydrogens (tertiary/aromatic N) is 3. The summed E-state index contributed by atoms with van der Waals surface area (Å²) in [7, 11) is -2.90. The fraction of sp³-hybridized carbons (Fsp3) is 0.714. The van der Waals surface area contributed by atoms with Crippen LogP contribution in [0, 0.1) is 23.7 Å². The number of hydrogen-bond acceptors (Lipinski definition) is 10. The Morgan fingerprint density at radius 2 is 1.71 bits per heavy atom. The van der Waals surface area contributed by atoms with Crippen molar-refractivity contribution in [2.75, 3.05) is 20.2 Å². The third-order valence-electron chi connectivity index (χ3n) is 11.4. The number of halogens is 4. The van der Waals surface area contributed by atoms with E-state index in [1.54, 1.807) is 6.92 Å². The van der Waals surface area contributed by atoms with Crippen LogP contribution in [0.2, 0.25) is 0 Å². The Morgan fingerprint density at radius 1 is 1.06 bits per heavy atom. The minimum absolute atomic E-state index is 0. The Balaban J connectivity index is 0.00000143. The number of likely N-dealkylation sites (tertiary alicyclic amines) is 1. The molecule has 5 atom stereocenters. The summed E-state index contributed by atoms with van der Waals surface area (Å²) in [4.78, 5) is 62.0. The maximum absolute atomic E-state index is 16.1. The van der Waals surface area contributed by atoms with E-state index in [0.29, 0.717) is 18.1 Å². The van der Waals surface area contributed by atoms with Crippen LogP contribution in [0.4, 0.5) is 22.4 Å². The van der Waals surface area contributed by atoms with Crippen LogP contribution in [-0.2, 0) is 30.3 Å². The standard InChI is InChI=1S/C36H46F4N6O9S.C4H10.C2H6.H2/c1-4-21-25(55-31-28(36(39,40)12-6-5-7-19-8-9-19)42-23-11-10-20(54-3)15-24(23)43-31)18-46(26(47)17-41-33(50)51)27(21)30(48)44-35(16-22(35)29(37)38)32(49)45-56(52,53)34(2)13-14-34;1-4(2)3;1-2;/h10-11,15,19,21-22,25,27,29,41H,4-9,12-14,16-18H2,1-3H3,(H,44,48)(H,45,49)(H,50,51);4H,1-3H3;1-2H3;1H/t21-,22+,25+,27+,35-;;;/m1.../s1. The normalized spacial score (nSPS) is 23.7. The maximum atomic E-state index is 16.1. The van der Waals surface area contributed by atoms with Gasteiger partial charge in [0.15, 0.2) is 5.69 Å². The van der Waals surface area contributed by atoms with Crippen molar-refractivity contribution < 1.29 is 61.2 Å². The van der Waals surface area contributed by atoms with E-state index in [9.17, 15) is 41.5 Å². The Labute approximate surface area is 362 Å². The molecule has 62 heavy (non-hydrogen) atoms. The van der Waals surface area contributed by atoms with Gasteiger partial charge >= 0.3 is 6.09 Å². The molecule has 6 rings (SSSR count). The summed E-state index contributed by atoms with van der Waals surface area (Å²) in [5.41, 5.74) is -2.86. The Morgan fingerprint density at radius 3 is 2.24 bits per heavy atom. The lowest BCUT2D eigenvalue weighted by atomic mass is 9.93. The van der Waals surface area contributed by atoms with Gasteiger partial charge in [0, 0.05) is 19.8 Å². The highest BCUT2D eigenvalue weighted by atomic mass is 32.2. The summed E-state index contributed by atoms with van der Waals surface area (Å²) >= 11 is 0. The number of amides is 4. The zero-order valence-corrected chi connectivity index (χ0v) is 37.6. The number of nitrogens with one attached hydrogen (secondary N) is 3. The second kappa shape index (κ2) is 20.3. The second-order valence-electron chi connectivity index (χ2n) is 17.2. The van der Waals surface area contributed by atoms with Crippen molar-refractivity contribution in [2.45, 2.75) is 147 Å². The van der Waals surface area contributed by atoms with Crippen molar-refractivity contribution in [2.24, 2.45) is 23.7 Å². The van der Waals surface area contributed by atoms with Gasteiger partial charge < -0.3 is 30.1 Å². The molecule has 4 fully saturated rings. The topological polar surface area (TPSA) is 206 Å². The van der Waals surface area contributed by atoms with Gasteiger partial charge in [-0.3, -0.25) is 19.1 Å². The number of aromatic nitrogens is 2. The van der Waals surface area contributed by atoms with E-state index < -0.39 is 118 Å². The average molecular weight is 905 g/mol. The number of benzene rings is 1. The van der Waals surface area contributed by atoms with Crippen LogP contribution in [0.15, 0.2) is 18.2 Å². The van der Waals surface area contributed by atoms with E-state index in [4.69, 9.17) is 9.47 Å². The molecule has 15 nitrogen and oxygen atoms in total. The van der Waals surface area contributed by atoms with Gasteiger partial charge in [-0.1, -0.05) is 67.2 Å². The van der Waals surface area contributed by atoms with Crippen molar-refractivity contribution >= 4 is 44.9 Å². The third kappa shape index (κ3) is 11.9. The number of carbonyl (C=O) groups is 4. The lowest BCUT2D eigenvalue weighted by Crippen LogP contribution is -2.59. The van der Waals surface area contributed by atoms with Gasteiger partial charge in [0.1, 0.15) is 30.0 Å². The smallest absolute Gasteiger partial charge is 0.405 e. The first-order valence-electron chi connectivity index (χ1n) is 21.4. The van der Waals surface area contributed by atoms with E-state index in [-0.39, 0.29) is 38.1 Å². The summed E-state index contributed by atoms with van der Waals surface area (Å²) in [6.45, 7) is 12.2. The molecule has 2 aromatic rings. The summed E-state index contributed by atoms with van der Waals surface area (Å²) in [5.74, 6) is -8.62. The van der Waals surface area contributed by atoms with Crippen LogP contribution in [0.3, 0.4) is 0 Å². The summed E-state index contributed by atoms with van der Waals surface area (Å²) in [6, 6.07) is 2.86. The molecule has 0 radical (unpaired) electrons. The molecule has 0 bridgehead atoms. The first kappa shape index (κ1) is 50.2. The largest absolute Gasteiger partial charge is 0.497 e. The highest BCUT2D eigenvalue weighted by Crippen LogP contribution is 2.50. The molecule has 3 aliphatic carbocycles. The number of sulfonamides is 1. The number of alkyl halides is 4. The predicted octanol–water partition coefficient (Wildman–Crippen LogP) is 7.03. The molecule has 3 saturated carbocycles. The van der Waals surface area contributed by atoms with Crippen LogP contribution in [0.1, 0.15) is 120 Å². The number of carbonyl (C=O) groups excluding carboxylic acids is 3. The minimum Gasteiger partial charge on any atom is -0.497 e. The molecule has 1 aliphatic heterocycles. The number of fused-ring (bicyclic) bond motifs is 1. The highest BCUT2D eigenvalue weighted by molar-refractivity contribution is 7.91. The number of carboxylic acid groups (broad SMARTS) is 1. The summed E-state index contributed by atoms with van der Waals surface area (Å²) < 4.78 is 98.3. The predicted molar refractivity (Wildman–Crippen MR) is 225 cm³/mol. The van der Waals surface area contributed by atoms with Crippen molar-refractivity contribution in [1.29, 1.82) is 0 Å². The van der Waals surface area contributed by atoms with E-state index in [1.807, 2.05) is 23.9 Å². The maximum Gasteiger partial charge on any atom is 0.405 e. The van der Waals surface area contributed by atoms with E-state index in [0.717, 1.165) is 30.1 Å². The van der Waals surface area contributed by atoms with Crippen LogP contribution in [0.5, 0.6) is 11.6 Å². The van der Waals surface area contributed by atoms with E-state index >= 15 is 8.78 Å². The number of rotatable bonds is 18. The first-order chi connectivity index (χ1) is 29.1. The van der Waals surface area contributed by atoms with Crippen LogP contribution < -0.4 is 24.8 Å². The number of unbranched alkanes of at least 4 members (excludes halogenated alkanes) is 1. The second-order valence-corrected chi connectivity index (χ2v) is 19.4. The lowest BCUT2D eigenvalue weighted by Gasteiger charge is -2.29. The highest BCUT2D eigenvalue weighted by Gasteiger charge is 2.67. The molecule has 1 aromatic carbocycles. The Bertz CT molecular complexity index is 2040. The summed E-state index contributed by atoms with van der Waals surface area (Å²) in [5, 5.41) is 13.4. The minimum atomic E-state index is -4.30. The SMILES string of the molecule is CC.CC(C)C.CC[C@@H]1[C@@H](Oc2nc3cc(OC)ccc3nc2C(F)(F)CCCCC2CC2)CN(C(=O)CNC(=O)O)[C@@H]1C(=O)N[C@]1(C(=O)NS(=O)(=O)C2(C)CC2)C[C@H]1C(F)F.[HH]. The monoisotopic (exact) mass is 904 g/mol. The average Bonchev–Trinajstić information content (AvgIpc) is 4.14. The van der Waals surface area contributed by atoms with Crippen molar-refractivity contribution in [3.63, 3.8) is 0 Å². The van der Waals surface area contributed by atoms with E-state index in [2.05, 4.69) is 36.1 Å². The van der Waals surface area contributed by atoms with Crippen molar-refractivity contribution in [3.8, 4) is 11.6 Å². The zero-order valence-electron chi connectivity index (χ0n) is 36.7. The fourth-order valence-electron chi connectivity index (χ4n) is 7.38. The molecular formula is C42H64F4N6O9S. The molecule has 4 aliphatic rings. The number of ether oxygens (including phenoxy) is 2. The Hall–Kier alpha value is -4.49. The molecule has 4 amide bonds. The molecule has 1 aromatic heterocycles. The van der Waals surface area contributed by atoms with Gasteiger partial charge in [0.2, 0.25) is 34.1 Å². The summed E-state index contributed by atoms with van der Waals surface area (Å²) in [6.07, 6.45) is -2.84. The molecule has 20 heteroatoms. The van der Waals surface area contributed by atoms with Crippen molar-refractivity contribution in [3.05, 3.63) is 23.9 Å². The quantitative estimate of drug-likeness (QED) is 0.0883. The molecular weight excluding hydrogens is 841 g/mol. The van der Waals surface area contributed by atoms with Crippen LogP contribution in [0.25, 0.3) is 11.0 Å². The van der Waals surface area contributed by atoms with Gasteiger partial charge in [-0.2, -0.15) is 8.78 Å². The molecule has 1 saturated heterocycles. The molecule has 0 spiro atoms. The molecule has 350 valence electrons. The molecule has 4 N–H and O–H groups in total. The molecule has 2 heterocycles. The van der Waals surface area contributed by atoms with Gasteiger partial charge in [-0.15, -0.1) is 0 Å². The van der Waals surface area contributed by atoms with Crippen LogP contribution in [-0.4, -0.2) is 101 Å². The van der Waals surface area contributed by atoms with Gasteiger partial charge in [0.05, 0.1) is 35.4 Å². The fourth-order valence-corrected chi connectivity index (χ4v) is 8.69. The lowest BCUT2D eigenvalue weighted by molar-refractivity contribution is -0.140. The number of hydrogen-bond donors (Lipinski definition) is 4. The number of methoxy groups -OCH3 is 1. The Kier molecular flexibility index (Phi) is 16.5. The van der Waals surface area contributed by atoms with Gasteiger partial charge in [-0.25, -0.2) is 32.0 Å². The van der Waals surface area contributed by atoms with Crippen molar-refractivity contribution in [1.82, 2.24) is 30.2 Å². The van der Waals surface area contributed by atoms with Gasteiger partial charge in [-0.05, 0) is 63.0 Å². The zero-order chi connectivity index (χ0) is 46.4. The van der Waals surface area contributed by atoms with E-state index in [1.165, 1.54) is 32.2 Å². The van der Waals surface area contributed by atoms with Crippen LogP contribution >= 0.6 is 0 Å².